The monoisotopic (exact) mass is 606 g/mol. The fourth-order valence-electron chi connectivity index (χ4n) is 6.25. The average molecular weight is 607 g/mol. The third-order valence-corrected chi connectivity index (χ3v) is 9.38. The van der Waals surface area contributed by atoms with Gasteiger partial charge in [0.15, 0.2) is 0 Å². The largest absolute Gasteiger partial charge is 0.400 e. The maximum Gasteiger partial charge on any atom is 0.115 e. The van der Waals surface area contributed by atoms with Gasteiger partial charge in [-0.15, -0.1) is 18.5 Å². The van der Waals surface area contributed by atoms with Gasteiger partial charge in [-0.3, -0.25) is 0 Å². The van der Waals surface area contributed by atoms with Gasteiger partial charge in [-0.05, 0) is 91.2 Å². The topological polar surface area (TPSA) is 46.9 Å². The molecule has 2 fully saturated rings. The third kappa shape index (κ3) is 8.45. The molecular weight excluding hydrogens is 554 g/mol. The first-order valence-corrected chi connectivity index (χ1v) is 16.2. The van der Waals surface area contributed by atoms with Gasteiger partial charge in [-0.1, -0.05) is 80.6 Å². The van der Waals surface area contributed by atoms with E-state index in [1.165, 1.54) is 53.2 Å². The van der Waals surface area contributed by atoms with E-state index >= 15 is 0 Å². The number of aliphatic hydroxyl groups is 2. The number of hydrogen-bond acceptors (Lipinski definition) is 4. The summed E-state index contributed by atoms with van der Waals surface area (Å²) in [6.45, 7) is 14.4. The molecule has 6 heteroatoms. The molecule has 1 saturated carbocycles. The van der Waals surface area contributed by atoms with Crippen molar-refractivity contribution in [3.05, 3.63) is 95.1 Å². The summed E-state index contributed by atoms with van der Waals surface area (Å²) in [5.74, 6) is 1.38. The van der Waals surface area contributed by atoms with Crippen molar-refractivity contribution < 1.29 is 10.2 Å². The van der Waals surface area contributed by atoms with Crippen LogP contribution in [0.3, 0.4) is 0 Å². The highest BCUT2D eigenvalue weighted by molar-refractivity contribution is 7.27. The molecule has 1 saturated heterocycles. The lowest BCUT2D eigenvalue weighted by atomic mass is 9.81. The maximum absolute atomic E-state index is 9.69. The Hall–Kier alpha value is -2.22. The van der Waals surface area contributed by atoms with Crippen LogP contribution in [0.4, 0.5) is 5.69 Å². The lowest BCUT2D eigenvalue weighted by Crippen LogP contribution is -2.43. The standard InChI is InChI=1S/C24H32N2OP2.C11H16.CH4O/c1-16-13-19(28)7-8-20(16)18-9-12-26(24(14-18)10-11-24)17(2)23-21(25(3)15-27)5-4-6-22(23)29;1-9(2)8-11-6-4-10(3)5-7-11;1-2/h4-8,13,18,27H,2,9-12,14-15,28-29H2,1,3H3;4-7,9H,8H2,1-3H3;2H,1H3. The van der Waals surface area contributed by atoms with Crippen LogP contribution in [0, 0.1) is 19.8 Å². The van der Waals surface area contributed by atoms with E-state index in [9.17, 15) is 5.11 Å². The smallest absolute Gasteiger partial charge is 0.115 e. The lowest BCUT2D eigenvalue weighted by molar-refractivity contribution is 0.188. The van der Waals surface area contributed by atoms with E-state index < -0.39 is 0 Å². The molecule has 1 spiro atoms. The summed E-state index contributed by atoms with van der Waals surface area (Å²) in [4.78, 5) is 4.45. The van der Waals surface area contributed by atoms with E-state index in [0.717, 1.165) is 48.2 Å². The molecule has 0 bridgehead atoms. The maximum atomic E-state index is 9.69. The molecule has 0 amide bonds. The molecule has 1 aliphatic carbocycles. The molecule has 5 rings (SSSR count). The number of rotatable bonds is 7. The van der Waals surface area contributed by atoms with Crippen molar-refractivity contribution in [2.75, 3.05) is 32.3 Å². The highest BCUT2D eigenvalue weighted by atomic mass is 31.0. The van der Waals surface area contributed by atoms with Gasteiger partial charge >= 0.3 is 0 Å². The summed E-state index contributed by atoms with van der Waals surface area (Å²) in [5.41, 5.74) is 9.24. The van der Waals surface area contributed by atoms with Crippen LogP contribution in [0.1, 0.15) is 73.3 Å². The normalized spacial score (nSPS) is 16.7. The molecule has 3 aromatic rings. The third-order valence-electron chi connectivity index (χ3n) is 8.54. The van der Waals surface area contributed by atoms with E-state index in [0.29, 0.717) is 5.92 Å². The van der Waals surface area contributed by atoms with Crippen LogP contribution in [0.5, 0.6) is 0 Å². The van der Waals surface area contributed by atoms with E-state index in [2.05, 4.69) is 112 Å². The SMILES string of the molecule is C=C(c1c(P)cccc1N(C)CO)N1CCC(c2ccc(P)cc2C)CC12CC2.CO.Cc1ccc(CC(C)C)cc1. The Bertz CT molecular complexity index is 1320. The van der Waals surface area contributed by atoms with Gasteiger partial charge in [0.2, 0.25) is 0 Å². The zero-order valence-corrected chi connectivity index (χ0v) is 28.8. The van der Waals surface area contributed by atoms with Crippen molar-refractivity contribution in [2.45, 2.75) is 71.3 Å². The molecule has 0 radical (unpaired) electrons. The van der Waals surface area contributed by atoms with Crippen molar-refractivity contribution in [3.63, 3.8) is 0 Å². The molecule has 42 heavy (non-hydrogen) atoms. The summed E-state index contributed by atoms with van der Waals surface area (Å²) in [6.07, 6.45) is 6.04. The molecule has 1 aliphatic heterocycles. The molecule has 0 aromatic heterocycles. The molecule has 2 aliphatic rings. The van der Waals surface area contributed by atoms with Gasteiger partial charge in [0.05, 0.1) is 0 Å². The van der Waals surface area contributed by atoms with Crippen molar-refractivity contribution in [3.8, 4) is 0 Å². The molecule has 3 atom stereocenters. The van der Waals surface area contributed by atoms with Crippen LogP contribution in [-0.4, -0.2) is 48.1 Å². The molecule has 3 unspecified atom stereocenters. The fourth-order valence-corrected chi connectivity index (χ4v) is 7.02. The molecule has 2 N–H and O–H groups in total. The Kier molecular flexibility index (Phi) is 12.6. The molecule has 228 valence electrons. The lowest BCUT2D eigenvalue weighted by Gasteiger charge is -2.44. The van der Waals surface area contributed by atoms with Crippen LogP contribution in [0.25, 0.3) is 5.70 Å². The summed E-state index contributed by atoms with van der Waals surface area (Å²) in [6, 6.07) is 21.9. The quantitative estimate of drug-likeness (QED) is 0.236. The number of benzene rings is 3. The first-order valence-electron chi connectivity index (χ1n) is 15.1. The Balaban J connectivity index is 0.000000313. The fraction of sp³-hybridized carbons (Fsp3) is 0.444. The second kappa shape index (κ2) is 15.5. The predicted octanol–water partition coefficient (Wildman–Crippen LogP) is 6.57. The Labute approximate surface area is 259 Å². The zero-order valence-electron chi connectivity index (χ0n) is 26.5. The van der Waals surface area contributed by atoms with Crippen LogP contribution < -0.4 is 15.5 Å². The first kappa shape index (κ1) is 34.3. The first-order chi connectivity index (χ1) is 20.0. The minimum absolute atomic E-state index is 0.00734. The molecular formula is C36H52N2O2P2. The van der Waals surface area contributed by atoms with Crippen molar-refractivity contribution in [1.29, 1.82) is 0 Å². The van der Waals surface area contributed by atoms with E-state index in [1.807, 2.05) is 18.0 Å². The summed E-state index contributed by atoms with van der Waals surface area (Å²) >= 11 is 0. The number of nitrogens with zero attached hydrogens (tertiary/aromatic N) is 2. The van der Waals surface area contributed by atoms with Gasteiger partial charge < -0.3 is 20.0 Å². The van der Waals surface area contributed by atoms with Crippen LogP contribution >= 0.6 is 18.5 Å². The van der Waals surface area contributed by atoms with Gasteiger partial charge in [0, 0.05) is 43.2 Å². The number of piperidine rings is 1. The number of aliphatic hydroxyl groups excluding tert-OH is 2. The zero-order chi connectivity index (χ0) is 31.0. The number of aryl methyl sites for hydroxylation is 2. The Morgan fingerprint density at radius 1 is 1.05 bits per heavy atom. The van der Waals surface area contributed by atoms with Crippen LogP contribution in [-0.2, 0) is 6.42 Å². The van der Waals surface area contributed by atoms with E-state index in [1.54, 1.807) is 0 Å². The number of likely N-dealkylation sites (tertiary alicyclic amines) is 1. The van der Waals surface area contributed by atoms with Crippen LogP contribution in [0.2, 0.25) is 0 Å². The molecule has 1 heterocycles. The second-order valence-electron chi connectivity index (χ2n) is 12.3. The predicted molar refractivity (Wildman–Crippen MR) is 189 cm³/mol. The summed E-state index contributed by atoms with van der Waals surface area (Å²) in [7, 11) is 8.58. The van der Waals surface area contributed by atoms with Gasteiger partial charge in [0.25, 0.3) is 0 Å². The number of anilines is 1. The highest BCUT2D eigenvalue weighted by Gasteiger charge is 2.52. The minimum atomic E-state index is -0.00734. The van der Waals surface area contributed by atoms with Crippen molar-refractivity contribution in [1.82, 2.24) is 4.90 Å². The molecule has 3 aromatic carbocycles. The van der Waals surface area contributed by atoms with Crippen molar-refractivity contribution >= 4 is 40.5 Å². The number of hydrogen-bond donors (Lipinski definition) is 2. The van der Waals surface area contributed by atoms with Crippen LogP contribution in [0.15, 0.2) is 67.2 Å². The molecule has 4 nitrogen and oxygen atoms in total. The Morgan fingerprint density at radius 3 is 2.29 bits per heavy atom. The summed E-state index contributed by atoms with van der Waals surface area (Å²) < 4.78 is 0. The highest BCUT2D eigenvalue weighted by Crippen LogP contribution is 2.55. The van der Waals surface area contributed by atoms with Crippen molar-refractivity contribution in [2.24, 2.45) is 5.92 Å². The van der Waals surface area contributed by atoms with Gasteiger partial charge in [0.1, 0.15) is 6.73 Å². The second-order valence-corrected chi connectivity index (χ2v) is 13.6. The van der Waals surface area contributed by atoms with Gasteiger partial charge in [-0.2, -0.15) is 0 Å². The summed E-state index contributed by atoms with van der Waals surface area (Å²) in [5, 5.41) is 19.1. The average Bonchev–Trinajstić information content (AvgIpc) is 3.73. The van der Waals surface area contributed by atoms with Gasteiger partial charge in [-0.25, -0.2) is 0 Å². The minimum Gasteiger partial charge on any atom is -0.400 e. The van der Waals surface area contributed by atoms with E-state index in [-0.39, 0.29) is 12.3 Å². The van der Waals surface area contributed by atoms with E-state index in [4.69, 9.17) is 5.11 Å². The Morgan fingerprint density at radius 2 is 1.71 bits per heavy atom.